The number of benzene rings is 2. The second kappa shape index (κ2) is 8.26. The molecule has 23 heavy (non-hydrogen) atoms. The summed E-state index contributed by atoms with van der Waals surface area (Å²) in [5.74, 6) is -1.35. The van der Waals surface area contributed by atoms with Gasteiger partial charge in [0.05, 0.1) is 11.1 Å². The average molecular weight is 447 g/mol. The molecule has 0 aromatic heterocycles. The van der Waals surface area contributed by atoms with Crippen LogP contribution in [0.3, 0.4) is 0 Å². The van der Waals surface area contributed by atoms with Gasteiger partial charge in [0.25, 0.3) is 11.8 Å². The molecule has 0 radical (unpaired) electrons. The fraction of sp³-hybridized carbons (Fsp3) is 0.125. The largest absolute Gasteiger partial charge is 0.350 e. The number of rotatable bonds is 5. The Morgan fingerprint density at radius 1 is 1.00 bits per heavy atom. The number of hydrogen-bond acceptors (Lipinski definition) is 2. The molecule has 7 heteroatoms. The number of carbonyl (C=O) groups excluding carboxylic acids is 2. The normalized spacial score (nSPS) is 10.2. The van der Waals surface area contributed by atoms with Gasteiger partial charge in [-0.05, 0) is 52.9 Å². The van der Waals surface area contributed by atoms with E-state index in [1.165, 1.54) is 18.2 Å². The molecule has 0 bridgehead atoms. The molecule has 0 heterocycles. The fourth-order valence-corrected chi connectivity index (χ4v) is 2.98. The highest BCUT2D eigenvalue weighted by molar-refractivity contribution is 14.1. The van der Waals surface area contributed by atoms with E-state index in [-0.39, 0.29) is 24.6 Å². The zero-order chi connectivity index (χ0) is 16.8. The lowest BCUT2D eigenvalue weighted by atomic mass is 10.2. The highest BCUT2D eigenvalue weighted by Gasteiger charge is 2.11. The number of hydrogen-bond donors (Lipinski definition) is 2. The minimum absolute atomic E-state index is 0.0222. The van der Waals surface area contributed by atoms with Crippen molar-refractivity contribution in [2.24, 2.45) is 0 Å². The van der Waals surface area contributed by atoms with Crippen molar-refractivity contribution in [2.75, 3.05) is 13.1 Å². The second-order valence-electron chi connectivity index (χ2n) is 4.62. The Bertz CT molecular complexity index is 740. The molecule has 2 aromatic carbocycles. The van der Waals surface area contributed by atoms with E-state index in [0.29, 0.717) is 10.6 Å². The molecule has 0 saturated carbocycles. The van der Waals surface area contributed by atoms with Gasteiger partial charge in [-0.15, -0.1) is 0 Å². The molecule has 120 valence electrons. The molecule has 0 atom stereocenters. The van der Waals surface area contributed by atoms with E-state index in [1.807, 2.05) is 22.6 Å². The van der Waals surface area contributed by atoms with Gasteiger partial charge < -0.3 is 10.6 Å². The quantitative estimate of drug-likeness (QED) is 0.547. The molecular formula is C16H13ClFIN2O2. The first-order valence-corrected chi connectivity index (χ1v) is 8.20. The number of carbonyl (C=O) groups is 2. The summed E-state index contributed by atoms with van der Waals surface area (Å²) < 4.78 is 14.2. The van der Waals surface area contributed by atoms with Crippen LogP contribution in [0, 0.1) is 9.39 Å². The summed E-state index contributed by atoms with van der Waals surface area (Å²) in [6.45, 7) is 0.431. The van der Waals surface area contributed by atoms with Crippen molar-refractivity contribution in [1.82, 2.24) is 10.6 Å². The van der Waals surface area contributed by atoms with Crippen LogP contribution in [0.5, 0.6) is 0 Å². The summed E-state index contributed by atoms with van der Waals surface area (Å²) >= 11 is 7.87. The summed E-state index contributed by atoms with van der Waals surface area (Å²) in [4.78, 5) is 23.8. The average Bonchev–Trinajstić information content (AvgIpc) is 2.51. The third kappa shape index (κ3) is 4.90. The second-order valence-corrected chi connectivity index (χ2v) is 6.21. The molecule has 4 nitrogen and oxygen atoms in total. The Morgan fingerprint density at radius 2 is 1.61 bits per heavy atom. The maximum Gasteiger partial charge on any atom is 0.254 e. The maximum atomic E-state index is 13.4. The van der Waals surface area contributed by atoms with Crippen LogP contribution in [-0.4, -0.2) is 24.9 Å². The summed E-state index contributed by atoms with van der Waals surface area (Å²) in [5, 5.41) is 5.80. The number of halogens is 3. The van der Waals surface area contributed by atoms with Gasteiger partial charge in [0.1, 0.15) is 5.82 Å². The highest BCUT2D eigenvalue weighted by Crippen LogP contribution is 2.17. The Balaban J connectivity index is 1.82. The van der Waals surface area contributed by atoms with Crippen LogP contribution >= 0.6 is 34.2 Å². The monoisotopic (exact) mass is 446 g/mol. The predicted octanol–water partition coefficient (Wildman–Crippen LogP) is 3.24. The van der Waals surface area contributed by atoms with Crippen LogP contribution in [0.15, 0.2) is 42.5 Å². The summed E-state index contributed by atoms with van der Waals surface area (Å²) in [6, 6.07) is 10.7. The van der Waals surface area contributed by atoms with Gasteiger partial charge >= 0.3 is 0 Å². The first-order valence-electron chi connectivity index (χ1n) is 6.75. The molecule has 2 rings (SSSR count). The Morgan fingerprint density at radius 3 is 2.22 bits per heavy atom. The Labute approximate surface area is 151 Å². The first-order chi connectivity index (χ1) is 11.0. The van der Waals surface area contributed by atoms with E-state index in [4.69, 9.17) is 11.6 Å². The van der Waals surface area contributed by atoms with E-state index in [2.05, 4.69) is 10.6 Å². The zero-order valence-corrected chi connectivity index (χ0v) is 14.8. The van der Waals surface area contributed by atoms with Crippen molar-refractivity contribution < 1.29 is 14.0 Å². The molecule has 0 aliphatic heterocycles. The standard InChI is InChI=1S/C16H13ClFIN2O2/c17-10-5-6-12(14(19)9-10)16(23)21-8-7-20-15(22)11-3-1-2-4-13(11)18/h1-6,9H,7-8H2,(H,20,22)(H,21,23). The van der Waals surface area contributed by atoms with Gasteiger partial charge in [0, 0.05) is 21.7 Å². The molecule has 2 N–H and O–H groups in total. The molecule has 0 aliphatic carbocycles. The van der Waals surface area contributed by atoms with Gasteiger partial charge in [-0.1, -0.05) is 23.7 Å². The topological polar surface area (TPSA) is 58.2 Å². The molecule has 0 aliphatic rings. The zero-order valence-electron chi connectivity index (χ0n) is 11.9. The van der Waals surface area contributed by atoms with E-state index in [9.17, 15) is 14.0 Å². The van der Waals surface area contributed by atoms with Crippen molar-refractivity contribution >= 4 is 46.0 Å². The van der Waals surface area contributed by atoms with Crippen molar-refractivity contribution in [3.8, 4) is 0 Å². The van der Waals surface area contributed by atoms with Gasteiger partial charge in [-0.25, -0.2) is 4.39 Å². The van der Waals surface area contributed by atoms with Gasteiger partial charge in [-0.2, -0.15) is 0 Å². The third-order valence-electron chi connectivity index (χ3n) is 2.99. The number of nitrogens with one attached hydrogen (secondary N) is 2. The van der Waals surface area contributed by atoms with Crippen LogP contribution in [0.25, 0.3) is 0 Å². The smallest absolute Gasteiger partial charge is 0.254 e. The van der Waals surface area contributed by atoms with Crippen molar-refractivity contribution in [2.45, 2.75) is 0 Å². The predicted molar refractivity (Wildman–Crippen MR) is 95.2 cm³/mol. The summed E-state index contributed by atoms with van der Waals surface area (Å²) in [5.41, 5.74) is 0.488. The van der Waals surface area contributed by atoms with Gasteiger partial charge in [0.2, 0.25) is 0 Å². The molecule has 2 aromatic rings. The van der Waals surface area contributed by atoms with Crippen LogP contribution in [-0.2, 0) is 0 Å². The van der Waals surface area contributed by atoms with Crippen LogP contribution in [0.1, 0.15) is 20.7 Å². The van der Waals surface area contributed by atoms with E-state index in [0.717, 1.165) is 3.57 Å². The van der Waals surface area contributed by atoms with Crippen LogP contribution in [0.4, 0.5) is 4.39 Å². The van der Waals surface area contributed by atoms with Crippen molar-refractivity contribution in [3.63, 3.8) is 0 Å². The lowest BCUT2D eigenvalue weighted by Crippen LogP contribution is -2.35. The minimum atomic E-state index is -0.579. The summed E-state index contributed by atoms with van der Waals surface area (Å²) in [7, 11) is 0. The minimum Gasteiger partial charge on any atom is -0.350 e. The molecule has 2 amide bonds. The third-order valence-corrected chi connectivity index (χ3v) is 4.12. The van der Waals surface area contributed by atoms with Crippen molar-refractivity contribution in [1.29, 1.82) is 0 Å². The van der Waals surface area contributed by atoms with E-state index >= 15 is 0 Å². The first kappa shape index (κ1) is 17.7. The van der Waals surface area contributed by atoms with Crippen molar-refractivity contribution in [3.05, 3.63) is 68.0 Å². The van der Waals surface area contributed by atoms with Gasteiger partial charge in [-0.3, -0.25) is 9.59 Å². The fourth-order valence-electron chi connectivity index (χ4n) is 1.86. The molecule has 0 fully saturated rings. The molecule has 0 spiro atoms. The molecule has 0 unspecified atom stereocenters. The van der Waals surface area contributed by atoms with Crippen LogP contribution < -0.4 is 10.6 Å². The maximum absolute atomic E-state index is 13.4. The Hall–Kier alpha value is -1.67. The Kier molecular flexibility index (Phi) is 6.35. The van der Waals surface area contributed by atoms with E-state index < -0.39 is 11.7 Å². The lowest BCUT2D eigenvalue weighted by Gasteiger charge is -2.09. The van der Waals surface area contributed by atoms with Crippen LogP contribution in [0.2, 0.25) is 5.02 Å². The molecular weight excluding hydrogens is 434 g/mol. The number of amides is 2. The molecule has 0 saturated heterocycles. The van der Waals surface area contributed by atoms with E-state index in [1.54, 1.807) is 24.3 Å². The van der Waals surface area contributed by atoms with Gasteiger partial charge in [0.15, 0.2) is 0 Å². The highest BCUT2D eigenvalue weighted by atomic mass is 127. The summed E-state index contributed by atoms with van der Waals surface area (Å²) in [6.07, 6.45) is 0. The lowest BCUT2D eigenvalue weighted by molar-refractivity contribution is 0.0925. The SMILES string of the molecule is O=C(NCCNC(=O)c1ccc(Cl)cc1I)c1ccccc1F.